The summed E-state index contributed by atoms with van der Waals surface area (Å²) >= 11 is 7.70. The number of thiazole rings is 1. The Morgan fingerprint density at radius 2 is 2.33 bits per heavy atom. The monoisotopic (exact) mass is 363 g/mol. The number of aromatic nitrogens is 2. The molecule has 0 saturated carbocycles. The highest BCUT2D eigenvalue weighted by molar-refractivity contribution is 7.09. The van der Waals surface area contributed by atoms with E-state index in [2.05, 4.69) is 10.3 Å². The summed E-state index contributed by atoms with van der Waals surface area (Å²) in [6.45, 7) is 1.82. The highest BCUT2D eigenvalue weighted by Crippen LogP contribution is 2.25. The van der Waals surface area contributed by atoms with E-state index in [9.17, 15) is 4.79 Å². The Bertz CT molecular complexity index is 830. The molecule has 0 atom stereocenters. The summed E-state index contributed by atoms with van der Waals surface area (Å²) in [4.78, 5) is 16.8. The third-order valence-corrected chi connectivity index (χ3v) is 4.81. The summed E-state index contributed by atoms with van der Waals surface area (Å²) in [7, 11) is 1.66. The number of amides is 1. The zero-order chi connectivity index (χ0) is 16.9. The summed E-state index contributed by atoms with van der Waals surface area (Å²) in [5, 5.41) is 7.37. The van der Waals surface area contributed by atoms with Gasteiger partial charge < -0.3 is 14.6 Å². The van der Waals surface area contributed by atoms with Crippen molar-refractivity contribution in [3.63, 3.8) is 0 Å². The first-order valence-electron chi connectivity index (χ1n) is 7.63. The number of carbonyl (C=O) groups is 1. The van der Waals surface area contributed by atoms with Crippen molar-refractivity contribution >= 4 is 39.7 Å². The molecule has 126 valence electrons. The predicted octanol–water partition coefficient (Wildman–Crippen LogP) is 3.37. The molecule has 2 aromatic heterocycles. The van der Waals surface area contributed by atoms with Gasteiger partial charge >= 0.3 is 0 Å². The molecule has 0 aliphatic carbocycles. The number of hydrogen-bond donors (Lipinski definition) is 1. The number of carbonyl (C=O) groups excluding carboxylic acids is 1. The average molecular weight is 364 g/mol. The predicted molar refractivity (Wildman–Crippen MR) is 97.0 cm³/mol. The molecule has 2 heterocycles. The van der Waals surface area contributed by atoms with E-state index in [0.29, 0.717) is 30.3 Å². The lowest BCUT2D eigenvalue weighted by molar-refractivity contribution is 0.0955. The van der Waals surface area contributed by atoms with Gasteiger partial charge in [0.1, 0.15) is 0 Å². The molecule has 7 heteroatoms. The highest BCUT2D eigenvalue weighted by atomic mass is 35.5. The normalized spacial score (nSPS) is 11.1. The van der Waals surface area contributed by atoms with Crippen LogP contribution in [0.15, 0.2) is 36.0 Å². The first-order chi connectivity index (χ1) is 11.7. The van der Waals surface area contributed by atoms with Crippen LogP contribution in [0.5, 0.6) is 0 Å². The van der Waals surface area contributed by atoms with E-state index in [4.69, 9.17) is 16.3 Å². The van der Waals surface area contributed by atoms with Gasteiger partial charge in [0.2, 0.25) is 0 Å². The SMILES string of the molecule is COCCn1cc(C(=O)NCCc2nccs2)c2cc(Cl)ccc21. The van der Waals surface area contributed by atoms with Gasteiger partial charge in [0, 0.05) is 60.3 Å². The molecular weight excluding hydrogens is 346 g/mol. The molecule has 0 spiro atoms. The number of rotatable bonds is 7. The Labute approximate surface area is 149 Å². The van der Waals surface area contributed by atoms with E-state index < -0.39 is 0 Å². The molecule has 3 rings (SSSR count). The molecule has 1 aromatic carbocycles. The number of nitrogens with zero attached hydrogens (tertiary/aromatic N) is 2. The van der Waals surface area contributed by atoms with Crippen LogP contribution in [-0.2, 0) is 17.7 Å². The van der Waals surface area contributed by atoms with E-state index >= 15 is 0 Å². The molecule has 0 aliphatic heterocycles. The van der Waals surface area contributed by atoms with Crippen LogP contribution in [0.1, 0.15) is 15.4 Å². The van der Waals surface area contributed by atoms with Crippen molar-refractivity contribution in [2.75, 3.05) is 20.3 Å². The average Bonchev–Trinajstić information content (AvgIpc) is 3.20. The molecule has 0 unspecified atom stereocenters. The minimum absolute atomic E-state index is 0.102. The number of methoxy groups -OCH3 is 1. The van der Waals surface area contributed by atoms with Crippen LogP contribution < -0.4 is 5.32 Å². The number of benzene rings is 1. The number of hydrogen-bond acceptors (Lipinski definition) is 4. The third kappa shape index (κ3) is 3.77. The molecule has 0 fully saturated rings. The molecule has 24 heavy (non-hydrogen) atoms. The second-order valence-corrected chi connectivity index (χ2v) is 6.74. The van der Waals surface area contributed by atoms with Crippen LogP contribution in [0, 0.1) is 0 Å². The van der Waals surface area contributed by atoms with Gasteiger partial charge in [0.25, 0.3) is 5.91 Å². The minimum atomic E-state index is -0.102. The molecule has 1 amide bonds. The molecule has 1 N–H and O–H groups in total. The molecule has 0 saturated heterocycles. The molecule has 0 bridgehead atoms. The number of fused-ring (bicyclic) bond motifs is 1. The fourth-order valence-electron chi connectivity index (χ4n) is 2.58. The second kappa shape index (κ2) is 7.79. The van der Waals surface area contributed by atoms with Crippen LogP contribution in [0.25, 0.3) is 10.9 Å². The van der Waals surface area contributed by atoms with Crippen LogP contribution >= 0.6 is 22.9 Å². The topological polar surface area (TPSA) is 56.1 Å². The van der Waals surface area contributed by atoms with Crippen LogP contribution in [-0.4, -0.2) is 35.7 Å². The zero-order valence-electron chi connectivity index (χ0n) is 13.3. The fraction of sp³-hybridized carbons (Fsp3) is 0.294. The summed E-state index contributed by atoms with van der Waals surface area (Å²) in [6.07, 6.45) is 4.36. The summed E-state index contributed by atoms with van der Waals surface area (Å²) in [5.41, 5.74) is 1.60. The smallest absolute Gasteiger partial charge is 0.253 e. The van der Waals surface area contributed by atoms with Crippen LogP contribution in [0.2, 0.25) is 5.02 Å². The van der Waals surface area contributed by atoms with Gasteiger partial charge in [-0.1, -0.05) is 11.6 Å². The minimum Gasteiger partial charge on any atom is -0.383 e. The van der Waals surface area contributed by atoms with Crippen LogP contribution in [0.3, 0.4) is 0 Å². The van der Waals surface area contributed by atoms with Crippen molar-refractivity contribution in [3.05, 3.63) is 51.6 Å². The van der Waals surface area contributed by atoms with E-state index in [1.807, 2.05) is 34.3 Å². The molecule has 0 radical (unpaired) electrons. The van der Waals surface area contributed by atoms with Crippen molar-refractivity contribution in [2.45, 2.75) is 13.0 Å². The Morgan fingerprint density at radius 3 is 3.08 bits per heavy atom. The summed E-state index contributed by atoms with van der Waals surface area (Å²) in [6, 6.07) is 5.59. The zero-order valence-corrected chi connectivity index (χ0v) is 14.9. The van der Waals surface area contributed by atoms with Gasteiger partial charge in [0.05, 0.1) is 17.2 Å². The highest BCUT2D eigenvalue weighted by Gasteiger charge is 2.15. The number of ether oxygens (including phenoxy) is 1. The van der Waals surface area contributed by atoms with Gasteiger partial charge in [-0.2, -0.15) is 0 Å². The molecule has 3 aromatic rings. The first kappa shape index (κ1) is 17.0. The van der Waals surface area contributed by atoms with Crippen molar-refractivity contribution in [1.82, 2.24) is 14.9 Å². The van der Waals surface area contributed by atoms with Gasteiger partial charge in [-0.15, -0.1) is 11.3 Å². The third-order valence-electron chi connectivity index (χ3n) is 3.73. The van der Waals surface area contributed by atoms with Gasteiger partial charge in [-0.3, -0.25) is 4.79 Å². The van der Waals surface area contributed by atoms with Crippen LogP contribution in [0.4, 0.5) is 0 Å². The van der Waals surface area contributed by atoms with Gasteiger partial charge in [-0.05, 0) is 18.2 Å². The van der Waals surface area contributed by atoms with Crippen molar-refractivity contribution < 1.29 is 9.53 Å². The van der Waals surface area contributed by atoms with Crippen molar-refractivity contribution in [3.8, 4) is 0 Å². The summed E-state index contributed by atoms with van der Waals surface area (Å²) in [5.74, 6) is -0.102. The van der Waals surface area contributed by atoms with Crippen molar-refractivity contribution in [1.29, 1.82) is 0 Å². The van der Waals surface area contributed by atoms with Gasteiger partial charge in [-0.25, -0.2) is 4.98 Å². The Morgan fingerprint density at radius 1 is 1.46 bits per heavy atom. The lowest BCUT2D eigenvalue weighted by atomic mass is 10.1. The fourth-order valence-corrected chi connectivity index (χ4v) is 3.37. The maximum atomic E-state index is 12.6. The lowest BCUT2D eigenvalue weighted by Gasteiger charge is -2.03. The Balaban J connectivity index is 1.79. The van der Waals surface area contributed by atoms with E-state index in [-0.39, 0.29) is 5.91 Å². The van der Waals surface area contributed by atoms with E-state index in [1.165, 1.54) is 0 Å². The van der Waals surface area contributed by atoms with Crippen molar-refractivity contribution in [2.24, 2.45) is 0 Å². The largest absolute Gasteiger partial charge is 0.383 e. The number of halogens is 1. The van der Waals surface area contributed by atoms with E-state index in [0.717, 1.165) is 22.3 Å². The summed E-state index contributed by atoms with van der Waals surface area (Å²) < 4.78 is 7.16. The quantitative estimate of drug-likeness (QED) is 0.700. The Kier molecular flexibility index (Phi) is 5.50. The molecule has 5 nitrogen and oxygen atoms in total. The molecule has 0 aliphatic rings. The number of nitrogens with one attached hydrogen (secondary N) is 1. The molecular formula is C17H18ClN3O2S. The first-order valence-corrected chi connectivity index (χ1v) is 8.88. The maximum absolute atomic E-state index is 12.6. The van der Waals surface area contributed by atoms with Gasteiger partial charge in [0.15, 0.2) is 0 Å². The second-order valence-electron chi connectivity index (χ2n) is 5.32. The lowest BCUT2D eigenvalue weighted by Crippen LogP contribution is -2.25. The maximum Gasteiger partial charge on any atom is 0.253 e. The standard InChI is InChI=1S/C17H18ClN3O2S/c1-23-8-7-21-11-14(13-10-12(18)2-3-15(13)21)17(22)20-5-4-16-19-6-9-24-16/h2-3,6,9-11H,4-5,7-8H2,1H3,(H,20,22). The van der Waals surface area contributed by atoms with E-state index in [1.54, 1.807) is 24.6 Å². The Hall–Kier alpha value is -1.89.